The first-order valence-corrected chi connectivity index (χ1v) is 9.60. The molecular weight excluding hydrogens is 390 g/mol. The molecule has 5 rings (SSSR count). The van der Waals surface area contributed by atoms with Crippen LogP contribution in [-0.2, 0) is 23.7 Å². The van der Waals surface area contributed by atoms with E-state index in [0.29, 0.717) is 22.7 Å². The molecule has 0 amide bonds. The van der Waals surface area contributed by atoms with Gasteiger partial charge in [0.05, 0.1) is 6.61 Å². The Bertz CT molecular complexity index is 903. The van der Waals surface area contributed by atoms with Crippen LogP contribution in [0.4, 0.5) is 0 Å². The Morgan fingerprint density at radius 2 is 1.86 bits per heavy atom. The molecule has 10 heteroatoms. The van der Waals surface area contributed by atoms with Gasteiger partial charge in [-0.1, -0.05) is 16.4 Å². The molecule has 0 unspecified atom stereocenters. The highest BCUT2D eigenvalue weighted by atomic mass is 35.5. The van der Waals surface area contributed by atoms with E-state index >= 15 is 0 Å². The van der Waals surface area contributed by atoms with Gasteiger partial charge in [-0.3, -0.25) is 0 Å². The van der Waals surface area contributed by atoms with Crippen molar-refractivity contribution in [2.75, 3.05) is 6.61 Å². The van der Waals surface area contributed by atoms with Crippen LogP contribution < -0.4 is 4.84 Å². The second kappa shape index (κ2) is 6.25. The summed E-state index contributed by atoms with van der Waals surface area (Å²) in [5.41, 5.74) is 1.30. The lowest BCUT2D eigenvalue weighted by Crippen LogP contribution is -2.40. The maximum atomic E-state index is 6.15. The predicted octanol–water partition coefficient (Wildman–Crippen LogP) is 1.91. The van der Waals surface area contributed by atoms with Gasteiger partial charge in [0.25, 0.3) is 6.29 Å². The van der Waals surface area contributed by atoms with E-state index in [0.717, 1.165) is 0 Å². The molecule has 3 aliphatic heterocycles. The van der Waals surface area contributed by atoms with Crippen LogP contribution in [0.15, 0.2) is 18.2 Å². The normalized spacial score (nSPS) is 36.1. The molecule has 0 aliphatic carbocycles. The highest BCUT2D eigenvalue weighted by molar-refractivity contribution is 6.31. The van der Waals surface area contributed by atoms with Crippen molar-refractivity contribution >= 4 is 22.6 Å². The monoisotopic (exact) mass is 411 g/mol. The molecule has 3 aliphatic rings. The molecule has 3 fully saturated rings. The molecule has 9 nitrogen and oxygen atoms in total. The Hall–Kier alpha value is -1.49. The third kappa shape index (κ3) is 3.16. The minimum absolute atomic E-state index is 0.296. The summed E-state index contributed by atoms with van der Waals surface area (Å²) in [6.07, 6.45) is -2.27. The number of rotatable bonds is 3. The first-order valence-electron chi connectivity index (χ1n) is 9.22. The Kier molecular flexibility index (Phi) is 4.14. The van der Waals surface area contributed by atoms with Gasteiger partial charge in [-0.05, 0) is 51.1 Å². The minimum atomic E-state index is -0.762. The van der Waals surface area contributed by atoms with E-state index in [1.807, 2.05) is 27.7 Å². The first-order chi connectivity index (χ1) is 13.2. The first kappa shape index (κ1) is 18.5. The fraction of sp³-hybridized carbons (Fsp3) is 0.667. The van der Waals surface area contributed by atoms with E-state index in [4.69, 9.17) is 40.1 Å². The van der Waals surface area contributed by atoms with Crippen molar-refractivity contribution in [1.82, 2.24) is 15.2 Å². The summed E-state index contributed by atoms with van der Waals surface area (Å²) in [4.78, 5) is 7.29. The van der Waals surface area contributed by atoms with Crippen LogP contribution in [0.25, 0.3) is 11.0 Å². The van der Waals surface area contributed by atoms with Gasteiger partial charge < -0.3 is 28.5 Å². The lowest BCUT2D eigenvalue weighted by atomic mass is 10.1. The van der Waals surface area contributed by atoms with E-state index in [-0.39, 0.29) is 12.2 Å². The Labute approximate surface area is 166 Å². The van der Waals surface area contributed by atoms with Gasteiger partial charge >= 0.3 is 0 Å². The number of fused-ring (bicyclic) bond motifs is 2. The summed E-state index contributed by atoms with van der Waals surface area (Å²) >= 11 is 6.10. The molecule has 1 aromatic carbocycles. The summed E-state index contributed by atoms with van der Waals surface area (Å²) in [7, 11) is 0. The molecule has 2 aromatic rings. The molecule has 5 atom stereocenters. The van der Waals surface area contributed by atoms with Gasteiger partial charge in [0.15, 0.2) is 17.7 Å². The molecule has 152 valence electrons. The molecule has 3 saturated heterocycles. The summed E-state index contributed by atoms with van der Waals surface area (Å²) < 4.78 is 30.0. The Morgan fingerprint density at radius 3 is 2.61 bits per heavy atom. The second-order valence-electron chi connectivity index (χ2n) is 8.10. The topological polar surface area (TPSA) is 86.1 Å². The number of hydrogen-bond acceptors (Lipinski definition) is 8. The molecule has 28 heavy (non-hydrogen) atoms. The van der Waals surface area contributed by atoms with E-state index in [1.54, 1.807) is 18.2 Å². The molecule has 0 saturated carbocycles. The minimum Gasteiger partial charge on any atom is -0.360 e. The van der Waals surface area contributed by atoms with Crippen molar-refractivity contribution in [3.63, 3.8) is 0 Å². The summed E-state index contributed by atoms with van der Waals surface area (Å²) in [5, 5.41) is 8.70. The van der Waals surface area contributed by atoms with Gasteiger partial charge in [0.1, 0.15) is 29.3 Å². The molecule has 4 heterocycles. The summed E-state index contributed by atoms with van der Waals surface area (Å²) in [6.45, 7) is 7.86. The highest BCUT2D eigenvalue weighted by Gasteiger charge is 2.60. The quantitative estimate of drug-likeness (QED) is 0.757. The van der Waals surface area contributed by atoms with Crippen molar-refractivity contribution < 1.29 is 28.5 Å². The molecule has 0 N–H and O–H groups in total. The molecular formula is C18H22ClN3O6. The lowest BCUT2D eigenvalue weighted by Gasteiger charge is -2.26. The Morgan fingerprint density at radius 1 is 1.07 bits per heavy atom. The van der Waals surface area contributed by atoms with Crippen LogP contribution >= 0.6 is 11.6 Å². The maximum absolute atomic E-state index is 6.15. The fourth-order valence-electron chi connectivity index (χ4n) is 3.90. The second-order valence-corrected chi connectivity index (χ2v) is 8.54. The number of hydrogen-bond donors (Lipinski definition) is 0. The van der Waals surface area contributed by atoms with Gasteiger partial charge in [-0.2, -0.15) is 0 Å². The molecule has 0 spiro atoms. The third-order valence-electron chi connectivity index (χ3n) is 5.02. The lowest BCUT2D eigenvalue weighted by molar-refractivity contribution is -0.249. The number of ether oxygens (including phenoxy) is 5. The van der Waals surface area contributed by atoms with E-state index in [1.165, 1.54) is 4.85 Å². The smallest absolute Gasteiger partial charge is 0.256 e. The summed E-state index contributed by atoms with van der Waals surface area (Å²) in [6, 6.07) is 5.25. The average Bonchev–Trinajstić information content (AvgIpc) is 3.32. The van der Waals surface area contributed by atoms with E-state index in [2.05, 4.69) is 10.3 Å². The number of aromatic nitrogens is 3. The third-order valence-corrected chi connectivity index (χ3v) is 5.26. The van der Waals surface area contributed by atoms with Gasteiger partial charge in [0, 0.05) is 5.02 Å². The highest BCUT2D eigenvalue weighted by Crippen LogP contribution is 2.42. The van der Waals surface area contributed by atoms with Crippen molar-refractivity contribution in [3.8, 4) is 0 Å². The van der Waals surface area contributed by atoms with Crippen LogP contribution in [-0.4, -0.2) is 64.0 Å². The van der Waals surface area contributed by atoms with Crippen LogP contribution in [0.2, 0.25) is 5.02 Å². The van der Waals surface area contributed by atoms with Crippen molar-refractivity contribution in [2.45, 2.75) is 70.0 Å². The zero-order chi connectivity index (χ0) is 19.7. The SMILES string of the molecule is CC1(C)O[C@H]2[C@H](O1)[C@H](On1nnc3ccc(Cl)cc31)O[C@@H]2[C@H]1COC(C)(C)O1. The maximum Gasteiger partial charge on any atom is 0.256 e. The number of nitrogens with zero attached hydrogens (tertiary/aromatic N) is 3. The average molecular weight is 412 g/mol. The van der Waals surface area contributed by atoms with Crippen molar-refractivity contribution in [1.29, 1.82) is 0 Å². The van der Waals surface area contributed by atoms with Crippen LogP contribution in [0.1, 0.15) is 27.7 Å². The van der Waals surface area contributed by atoms with Crippen LogP contribution in [0.5, 0.6) is 0 Å². The molecule has 1 aromatic heterocycles. The van der Waals surface area contributed by atoms with Gasteiger partial charge in [0.2, 0.25) is 0 Å². The van der Waals surface area contributed by atoms with Crippen LogP contribution in [0, 0.1) is 0 Å². The number of halogens is 1. The molecule has 0 bridgehead atoms. The molecule has 0 radical (unpaired) electrons. The Balaban J connectivity index is 1.42. The van der Waals surface area contributed by atoms with Gasteiger partial charge in [-0.15, -0.1) is 5.10 Å². The predicted molar refractivity (Wildman–Crippen MR) is 96.5 cm³/mol. The standard InChI is InChI=1S/C18H22ClN3O6/c1-17(2)23-8-12(25-17)13-14-15(27-18(3,4)26-14)16(24-13)28-22-11-7-9(19)5-6-10(11)20-21-22/h5-7,12-16H,8H2,1-4H3/t12-,13-,14-,15+,16+/m1/s1. The zero-order valence-corrected chi connectivity index (χ0v) is 16.8. The van der Waals surface area contributed by atoms with Crippen molar-refractivity contribution in [2.24, 2.45) is 0 Å². The fourth-order valence-corrected chi connectivity index (χ4v) is 4.07. The number of benzene rings is 1. The van der Waals surface area contributed by atoms with Crippen molar-refractivity contribution in [3.05, 3.63) is 23.2 Å². The zero-order valence-electron chi connectivity index (χ0n) is 16.0. The largest absolute Gasteiger partial charge is 0.360 e. The van der Waals surface area contributed by atoms with E-state index in [9.17, 15) is 0 Å². The summed E-state index contributed by atoms with van der Waals surface area (Å²) in [5.74, 6) is -1.43. The van der Waals surface area contributed by atoms with Gasteiger partial charge in [-0.25, -0.2) is 0 Å². The van der Waals surface area contributed by atoms with E-state index < -0.39 is 30.1 Å². The van der Waals surface area contributed by atoms with Crippen LogP contribution in [0.3, 0.4) is 0 Å².